The van der Waals surface area contributed by atoms with Crippen molar-refractivity contribution in [3.63, 3.8) is 0 Å². The molecule has 13 nitrogen and oxygen atoms in total. The van der Waals surface area contributed by atoms with Gasteiger partial charge in [0.25, 0.3) is 0 Å². The van der Waals surface area contributed by atoms with Crippen molar-refractivity contribution in [2.45, 2.75) is 62.4 Å². The van der Waals surface area contributed by atoms with Gasteiger partial charge in [-0.3, -0.25) is 51.6 Å². The van der Waals surface area contributed by atoms with E-state index in [1.165, 1.54) is 70.6 Å². The van der Waals surface area contributed by atoms with Crippen molar-refractivity contribution in [3.05, 3.63) is 35.4 Å². The van der Waals surface area contributed by atoms with Crippen LogP contribution in [-0.4, -0.2) is 149 Å². The molecule has 1 aliphatic carbocycles. The third kappa shape index (κ3) is 25.0. The SMILES string of the molecule is CSCC(=O)Cc1ccc(C(C)=O)cc1.CSC[C-]=O.[2H]C(=O)C1CCC(CN2C(=O)CC(SC)C2=O)CC1.[2H]C(=O)CN1C(=O)CC(SC)C1=O.[2H]C(=O)CSC.[2H][C-]=O.[Y]. The van der Waals surface area contributed by atoms with Gasteiger partial charge in [-0.05, 0) is 75.4 Å². The van der Waals surface area contributed by atoms with Gasteiger partial charge in [-0.15, -0.1) is 5.75 Å². The quantitative estimate of drug-likeness (QED) is 0.0987. The monoisotopic (exact) mass is 979 g/mol. The summed E-state index contributed by atoms with van der Waals surface area (Å²) in [5.74, 6) is 0.968. The Bertz CT molecular complexity index is 1630. The topological polar surface area (TPSA) is 194 Å². The third-order valence-electron chi connectivity index (χ3n) is 8.12. The summed E-state index contributed by atoms with van der Waals surface area (Å²) in [5.41, 5.74) is 1.66. The fourth-order valence-electron chi connectivity index (χ4n) is 5.23. The third-order valence-corrected chi connectivity index (χ3v) is 11.4. The van der Waals surface area contributed by atoms with E-state index in [1.807, 2.05) is 30.9 Å². The molecule has 1 aromatic carbocycles. The first-order valence-corrected chi connectivity index (χ1v) is 24.0. The van der Waals surface area contributed by atoms with Gasteiger partial charge in [0.05, 0.1) is 22.8 Å². The van der Waals surface area contributed by atoms with Crippen LogP contribution in [-0.2, 0) is 87.1 Å². The molecule has 1 saturated carbocycles. The Morgan fingerprint density at radius 1 is 0.845 bits per heavy atom. The number of ketones is 2. The summed E-state index contributed by atoms with van der Waals surface area (Å²) in [6.07, 6.45) is 13.0. The van der Waals surface area contributed by atoms with E-state index in [0.717, 1.165) is 42.9 Å². The van der Waals surface area contributed by atoms with Crippen molar-refractivity contribution in [2.75, 3.05) is 61.6 Å². The predicted octanol–water partition coefficient (Wildman–Crippen LogP) is 4.25. The van der Waals surface area contributed by atoms with Gasteiger partial charge in [-0.2, -0.15) is 60.2 Å². The largest absolute Gasteiger partial charge is 0.545 e. The van der Waals surface area contributed by atoms with Crippen molar-refractivity contribution in [1.82, 2.24) is 9.80 Å². The number of rotatable bonds is 16. The molecule has 2 heterocycles. The Morgan fingerprint density at radius 2 is 1.36 bits per heavy atom. The Balaban J connectivity index is -0.000000733. The number of aldehydes is 3. The van der Waals surface area contributed by atoms with Crippen LogP contribution in [0.25, 0.3) is 0 Å². The summed E-state index contributed by atoms with van der Waals surface area (Å²) >= 11 is 7.11. The number of likely N-dealkylation sites (tertiary alicyclic amines) is 2. The Hall–Kier alpha value is -1.96. The number of carbonyl (C=O) groups is 9. The molecule has 2 aliphatic heterocycles. The van der Waals surface area contributed by atoms with Crippen molar-refractivity contribution in [3.8, 4) is 0 Å². The molecule has 2 unspecified atom stereocenters. The van der Waals surface area contributed by atoms with Crippen LogP contribution in [0.5, 0.6) is 0 Å². The van der Waals surface area contributed by atoms with Gasteiger partial charge in [0.15, 0.2) is 5.78 Å². The molecule has 4 amide bonds. The predicted molar refractivity (Wildman–Crippen MR) is 234 cm³/mol. The molecule has 2 atom stereocenters. The molecule has 0 bridgehead atoms. The zero-order chi connectivity index (χ0) is 47.1. The molecule has 1 radical (unpaired) electrons. The van der Waals surface area contributed by atoms with Crippen LogP contribution in [0.2, 0.25) is 0 Å². The standard InChI is InChI=1S/C13H19NO3S.C12H14O2S.C7H9NO3S.C3H6OS.C3H5OS.CHO.Y/c1-18-11-6-12(16)14(13(11)17)7-9-2-4-10(8-15)5-3-9;1-9(13)11-5-3-10(4-6-11)7-12(14)8-15-2;1-12-5-4-6(10)8(2-3-9)7(5)11;2*1-5-3-2-4;1-2;/h8-11H,2-7H2,1H3;3-6H,7-8H2,1-2H3;3,5H,2,4H2,1H3;2H,3H2,1H3;3H2,1H3;1H;/q;;;;2*-1;/i8D;;3D;2D;;1D;. The van der Waals surface area contributed by atoms with E-state index in [2.05, 4.69) is 0 Å². The normalized spacial score (nSPS) is 19.9. The molecule has 0 N–H and O–H groups in total. The van der Waals surface area contributed by atoms with Gasteiger partial charge >= 0.3 is 0 Å². The number of thioether (sulfide) groups is 5. The molecule has 4 rings (SSSR count). The number of nitrogens with zero attached hydrogens (tertiary/aromatic N) is 2. The number of amides is 4. The number of benzene rings is 1. The van der Waals surface area contributed by atoms with Gasteiger partial charge in [0.1, 0.15) is 28.7 Å². The van der Waals surface area contributed by atoms with Crippen molar-refractivity contribution in [1.29, 1.82) is 0 Å². The Morgan fingerprint density at radius 3 is 1.71 bits per heavy atom. The maximum absolute atomic E-state index is 12.0. The minimum atomic E-state index is -0.913. The summed E-state index contributed by atoms with van der Waals surface area (Å²) in [7, 11) is 0. The molecule has 3 aliphatic rings. The Labute approximate surface area is 394 Å². The summed E-state index contributed by atoms with van der Waals surface area (Å²) in [6, 6.07) is 7.22. The van der Waals surface area contributed by atoms with Crippen molar-refractivity contribution >= 4 is 126 Å². The second-order valence-electron chi connectivity index (χ2n) is 12.1. The first kappa shape index (κ1) is 52.2. The molecule has 3 fully saturated rings. The number of imide groups is 2. The van der Waals surface area contributed by atoms with E-state index >= 15 is 0 Å². The first-order valence-electron chi connectivity index (χ1n) is 19.3. The zero-order valence-electron chi connectivity index (χ0n) is 37.6. The van der Waals surface area contributed by atoms with E-state index in [0.29, 0.717) is 48.1 Å². The average Bonchev–Trinajstić information content (AvgIpc) is 3.64. The van der Waals surface area contributed by atoms with Gasteiger partial charge < -0.3 is 24.0 Å². The molecule has 58 heavy (non-hydrogen) atoms. The summed E-state index contributed by atoms with van der Waals surface area (Å²) < 4.78 is 25.5. The minimum Gasteiger partial charge on any atom is -0.545 e. The maximum Gasteiger partial charge on any atom is 0.243 e. The van der Waals surface area contributed by atoms with Gasteiger partial charge in [0.2, 0.25) is 23.6 Å². The molecule has 19 heteroatoms. The van der Waals surface area contributed by atoms with E-state index < -0.39 is 25.3 Å². The van der Waals surface area contributed by atoms with Gasteiger partial charge in [-0.25, -0.2) is 0 Å². The molecular formula is C39H54N2O11S5Y-2. The second-order valence-corrected chi connectivity index (χ2v) is 16.7. The second kappa shape index (κ2) is 38.0. The number of hydrogen-bond acceptors (Lipinski definition) is 16. The summed E-state index contributed by atoms with van der Waals surface area (Å²) in [4.78, 5) is 120. The molecule has 1 aromatic rings. The van der Waals surface area contributed by atoms with Crippen molar-refractivity contribution < 1.29 is 90.9 Å². The van der Waals surface area contributed by atoms with Crippen LogP contribution in [0.15, 0.2) is 24.3 Å². The zero-order valence-corrected chi connectivity index (χ0v) is 40.5. The van der Waals surface area contributed by atoms with Crippen LogP contribution >= 0.6 is 58.8 Å². The summed E-state index contributed by atoms with van der Waals surface area (Å²) in [6.45, 7) is 2.37. The summed E-state index contributed by atoms with van der Waals surface area (Å²) in [5, 5.41) is -0.578. The van der Waals surface area contributed by atoms with Gasteiger partial charge in [-0.1, -0.05) is 24.3 Å². The number of Topliss-reactive ketones (excluding diaryl/α,β-unsaturated/α-hetero) is 2. The first-order chi connectivity index (χ1) is 28.8. The van der Waals surface area contributed by atoms with E-state index in [9.17, 15) is 47.9 Å². The minimum absolute atomic E-state index is 0. The van der Waals surface area contributed by atoms with Crippen molar-refractivity contribution in [2.24, 2.45) is 11.8 Å². The molecule has 2 saturated heterocycles. The van der Waals surface area contributed by atoms with Crippen LogP contribution in [0.3, 0.4) is 0 Å². The van der Waals surface area contributed by atoms with E-state index in [1.54, 1.807) is 30.9 Å². The van der Waals surface area contributed by atoms with Crippen LogP contribution in [0.1, 0.15) is 66.9 Å². The van der Waals surface area contributed by atoms with Crippen LogP contribution in [0, 0.1) is 11.8 Å². The smallest absolute Gasteiger partial charge is 0.243 e. The average molecular weight is 980 g/mol. The van der Waals surface area contributed by atoms with Crippen LogP contribution < -0.4 is 0 Å². The maximum atomic E-state index is 12.0. The van der Waals surface area contributed by atoms with Gasteiger partial charge in [0, 0.05) is 75.8 Å². The number of hydrogen-bond donors (Lipinski definition) is 0. The van der Waals surface area contributed by atoms with Crippen LogP contribution in [0.4, 0.5) is 0 Å². The molecular weight excluding hydrogens is 922 g/mol. The van der Waals surface area contributed by atoms with E-state index in [-0.39, 0.29) is 90.7 Å². The molecule has 321 valence electrons. The fourth-order valence-corrected chi connectivity index (χ4v) is 7.17. The molecule has 0 spiro atoms. The molecule has 0 aromatic heterocycles. The fraction of sp³-hybridized carbons (Fsp3) is 0.564. The van der Waals surface area contributed by atoms with E-state index in [4.69, 9.17) is 10.3 Å². The number of carbonyl (C=O) groups excluding carboxylic acids is 11. The Kier molecular flexibility index (Phi) is 34.2.